The summed E-state index contributed by atoms with van der Waals surface area (Å²) in [5.74, 6) is -1.18. The number of hydrogen-bond donors (Lipinski definition) is 2. The van der Waals surface area contributed by atoms with Crippen LogP contribution in [0, 0.1) is 6.92 Å². The first kappa shape index (κ1) is 34.4. The molecule has 0 unspecified atom stereocenters. The van der Waals surface area contributed by atoms with Crippen molar-refractivity contribution in [1.82, 2.24) is 43.4 Å². The molecular weight excluding hydrogens is 707 g/mol. The average Bonchev–Trinajstić information content (AvgIpc) is 3.79. The third kappa shape index (κ3) is 6.25. The van der Waals surface area contributed by atoms with Crippen molar-refractivity contribution in [1.29, 1.82) is 0 Å². The Kier molecular flexibility index (Phi) is 8.77. The summed E-state index contributed by atoms with van der Waals surface area (Å²) in [6, 6.07) is 6.12. The van der Waals surface area contributed by atoms with Crippen LogP contribution in [0.15, 0.2) is 60.0 Å². The standard InChI is InChI=1S/C33H29ClF3N11O4/c1-3-23-27(44-10-12-45(13-11-44)30(51)26-28(50)18(2)39-17-40-26)31(52)48-32(42-29(43-48)19-4-7-24-38-8-9-46(24)15-19)47(23)16-25(49)41-22-6-5-20(14-21(22)34)33(35,36)37/h4-9,14-15,17,50H,3,10-13,16H2,1-2H3,(H,41,49). The third-order valence-electron chi connectivity index (χ3n) is 8.77. The van der Waals surface area contributed by atoms with E-state index in [1.165, 1.54) is 15.8 Å². The second-order valence-corrected chi connectivity index (χ2v) is 12.4. The Bertz CT molecular complexity index is 2430. The van der Waals surface area contributed by atoms with E-state index in [4.69, 9.17) is 11.6 Å². The Balaban J connectivity index is 1.26. The summed E-state index contributed by atoms with van der Waals surface area (Å²) in [5.41, 5.74) is 0.578. The summed E-state index contributed by atoms with van der Waals surface area (Å²) < 4.78 is 44.1. The number of anilines is 2. The molecule has 7 rings (SSSR count). The van der Waals surface area contributed by atoms with Crippen molar-refractivity contribution in [2.24, 2.45) is 0 Å². The zero-order chi connectivity index (χ0) is 36.9. The molecule has 0 radical (unpaired) electrons. The summed E-state index contributed by atoms with van der Waals surface area (Å²) in [4.78, 5) is 61.2. The smallest absolute Gasteiger partial charge is 0.416 e. The molecule has 15 nitrogen and oxygen atoms in total. The maximum Gasteiger partial charge on any atom is 0.416 e. The molecule has 6 aromatic rings. The first-order chi connectivity index (χ1) is 24.8. The second-order valence-electron chi connectivity index (χ2n) is 12.0. The number of nitrogens with zero attached hydrogens (tertiary/aromatic N) is 10. The molecule has 0 bridgehead atoms. The van der Waals surface area contributed by atoms with Gasteiger partial charge in [0, 0.05) is 50.3 Å². The number of benzene rings is 1. The van der Waals surface area contributed by atoms with E-state index >= 15 is 0 Å². The number of fused-ring (bicyclic) bond motifs is 2. The summed E-state index contributed by atoms with van der Waals surface area (Å²) in [5, 5.41) is 17.2. The minimum absolute atomic E-state index is 0.0310. The van der Waals surface area contributed by atoms with Crippen molar-refractivity contribution >= 4 is 46.2 Å². The number of pyridine rings is 1. The van der Waals surface area contributed by atoms with Crippen LogP contribution in [0.3, 0.4) is 0 Å². The average molecular weight is 736 g/mol. The first-order valence-corrected chi connectivity index (χ1v) is 16.4. The maximum absolute atomic E-state index is 14.3. The van der Waals surface area contributed by atoms with E-state index in [1.807, 2.05) is 0 Å². The zero-order valence-corrected chi connectivity index (χ0v) is 28.4. The number of aromatic nitrogens is 8. The van der Waals surface area contributed by atoms with Crippen LogP contribution >= 0.6 is 11.6 Å². The van der Waals surface area contributed by atoms with Crippen LogP contribution in [-0.4, -0.2) is 86.5 Å². The summed E-state index contributed by atoms with van der Waals surface area (Å²) in [6.07, 6.45) is 1.97. The van der Waals surface area contributed by atoms with Gasteiger partial charge in [-0.25, -0.2) is 15.0 Å². The fourth-order valence-electron chi connectivity index (χ4n) is 6.14. The van der Waals surface area contributed by atoms with Crippen molar-refractivity contribution < 1.29 is 27.9 Å². The number of carbonyl (C=O) groups is 2. The molecule has 5 aromatic heterocycles. The molecule has 0 spiro atoms. The number of amides is 2. The predicted octanol–water partition coefficient (Wildman–Crippen LogP) is 3.85. The van der Waals surface area contributed by atoms with E-state index in [-0.39, 0.29) is 77.7 Å². The van der Waals surface area contributed by atoms with Crippen LogP contribution in [0.2, 0.25) is 5.02 Å². The number of aryl methyl sites for hydroxylation is 1. The molecule has 1 aliphatic heterocycles. The monoisotopic (exact) mass is 735 g/mol. The lowest BCUT2D eigenvalue weighted by Gasteiger charge is -2.36. The van der Waals surface area contributed by atoms with Gasteiger partial charge in [-0.3, -0.25) is 14.4 Å². The quantitative estimate of drug-likeness (QED) is 0.246. The van der Waals surface area contributed by atoms with Gasteiger partial charge in [0.1, 0.15) is 24.2 Å². The van der Waals surface area contributed by atoms with Crippen LogP contribution in [-0.2, 0) is 23.9 Å². The predicted molar refractivity (Wildman–Crippen MR) is 182 cm³/mol. The van der Waals surface area contributed by atoms with Gasteiger partial charge in [-0.1, -0.05) is 18.5 Å². The van der Waals surface area contributed by atoms with Gasteiger partial charge in [0.05, 0.1) is 27.7 Å². The minimum Gasteiger partial charge on any atom is -0.504 e. The van der Waals surface area contributed by atoms with Crippen LogP contribution in [0.1, 0.15) is 34.4 Å². The highest BCUT2D eigenvalue weighted by molar-refractivity contribution is 6.33. The molecule has 6 heterocycles. The molecule has 52 heavy (non-hydrogen) atoms. The molecule has 19 heteroatoms. The van der Waals surface area contributed by atoms with Crippen LogP contribution in [0.4, 0.5) is 24.5 Å². The third-order valence-corrected chi connectivity index (χ3v) is 9.08. The maximum atomic E-state index is 14.3. The topological polar surface area (TPSA) is 168 Å². The lowest BCUT2D eigenvalue weighted by atomic mass is 10.2. The van der Waals surface area contributed by atoms with E-state index in [2.05, 4.69) is 30.4 Å². The van der Waals surface area contributed by atoms with E-state index in [0.29, 0.717) is 16.9 Å². The van der Waals surface area contributed by atoms with Crippen molar-refractivity contribution in [3.05, 3.63) is 93.3 Å². The van der Waals surface area contributed by atoms with Gasteiger partial charge in [0.25, 0.3) is 11.5 Å². The molecule has 1 aromatic carbocycles. The van der Waals surface area contributed by atoms with Crippen LogP contribution < -0.4 is 15.8 Å². The minimum atomic E-state index is -4.62. The van der Waals surface area contributed by atoms with Gasteiger partial charge < -0.3 is 29.2 Å². The van der Waals surface area contributed by atoms with Gasteiger partial charge in [-0.05, 0) is 43.7 Å². The molecule has 268 valence electrons. The largest absolute Gasteiger partial charge is 0.504 e. The van der Waals surface area contributed by atoms with E-state index in [9.17, 15) is 32.7 Å². The molecule has 1 fully saturated rings. The zero-order valence-electron chi connectivity index (χ0n) is 27.6. The number of piperazine rings is 1. The van der Waals surface area contributed by atoms with Gasteiger partial charge in [-0.15, -0.1) is 5.10 Å². The molecular formula is C33H29ClF3N11O4. The van der Waals surface area contributed by atoms with Gasteiger partial charge in [0.15, 0.2) is 17.3 Å². The van der Waals surface area contributed by atoms with Crippen molar-refractivity contribution in [3.63, 3.8) is 0 Å². The fourth-order valence-corrected chi connectivity index (χ4v) is 6.36. The number of aromatic hydroxyl groups is 1. The summed E-state index contributed by atoms with van der Waals surface area (Å²) in [6.45, 7) is 3.77. The highest BCUT2D eigenvalue weighted by atomic mass is 35.5. The highest BCUT2D eigenvalue weighted by Crippen LogP contribution is 2.34. The Labute approximate surface area is 296 Å². The molecule has 1 aliphatic rings. The summed E-state index contributed by atoms with van der Waals surface area (Å²) in [7, 11) is 0. The van der Waals surface area contributed by atoms with Crippen molar-refractivity contribution in [3.8, 4) is 17.1 Å². The number of nitrogens with one attached hydrogen (secondary N) is 1. The van der Waals surface area contributed by atoms with Crippen LogP contribution in [0.5, 0.6) is 5.75 Å². The molecule has 0 saturated carbocycles. The molecule has 1 saturated heterocycles. The van der Waals surface area contributed by atoms with Gasteiger partial charge in [0.2, 0.25) is 11.7 Å². The molecule has 0 atom stereocenters. The Morgan fingerprint density at radius 2 is 1.83 bits per heavy atom. The normalized spacial score (nSPS) is 13.7. The number of imidazole rings is 1. The van der Waals surface area contributed by atoms with E-state index in [1.54, 1.807) is 53.9 Å². The highest BCUT2D eigenvalue weighted by Gasteiger charge is 2.32. The number of alkyl halides is 3. The number of carbonyl (C=O) groups excluding carboxylic acids is 2. The number of rotatable bonds is 7. The Morgan fingerprint density at radius 1 is 1.06 bits per heavy atom. The van der Waals surface area contributed by atoms with Crippen molar-refractivity contribution in [2.75, 3.05) is 36.4 Å². The lowest BCUT2D eigenvalue weighted by molar-refractivity contribution is -0.137. The van der Waals surface area contributed by atoms with Crippen molar-refractivity contribution in [2.45, 2.75) is 33.0 Å². The van der Waals surface area contributed by atoms with E-state index < -0.39 is 35.7 Å². The summed E-state index contributed by atoms with van der Waals surface area (Å²) >= 11 is 6.13. The molecule has 0 aliphatic carbocycles. The fraction of sp³-hybridized carbons (Fsp3) is 0.273. The van der Waals surface area contributed by atoms with Gasteiger partial charge in [-0.2, -0.15) is 22.7 Å². The van der Waals surface area contributed by atoms with Gasteiger partial charge >= 0.3 is 6.18 Å². The SMILES string of the molecule is CCc1c(N2CCN(C(=O)c3ncnc(C)c3O)CC2)c(=O)n2nc(-c3ccc4nccn4c3)nc2n1CC(=O)Nc1ccc(C(F)(F)F)cc1Cl. The second kappa shape index (κ2) is 13.3. The number of halogens is 4. The number of hydrogen-bond acceptors (Lipinski definition) is 10. The molecule has 2 N–H and O–H groups in total. The Morgan fingerprint density at radius 3 is 2.54 bits per heavy atom. The molecule has 2 amide bonds. The Hall–Kier alpha value is -6.04. The lowest BCUT2D eigenvalue weighted by Crippen LogP contribution is -2.51. The first-order valence-electron chi connectivity index (χ1n) is 16.0. The van der Waals surface area contributed by atoms with Crippen LogP contribution in [0.25, 0.3) is 22.8 Å². The van der Waals surface area contributed by atoms with E-state index in [0.717, 1.165) is 22.7 Å².